The predicted octanol–water partition coefficient (Wildman–Crippen LogP) is 2.53. The molecule has 0 spiro atoms. The largest absolute Gasteiger partial charge is 0.481 e. The number of carbonyl (C=O) groups excluding carboxylic acids is 1. The van der Waals surface area contributed by atoms with Crippen LogP contribution in [-0.4, -0.2) is 44.9 Å². The molecule has 0 saturated heterocycles. The van der Waals surface area contributed by atoms with Gasteiger partial charge in [0.15, 0.2) is 0 Å². The Labute approximate surface area is 243 Å². The Hall–Kier alpha value is -3.99. The topological polar surface area (TPSA) is 127 Å². The quantitative estimate of drug-likeness (QED) is 0.355. The smallest absolute Gasteiger partial charge is 0.330 e. The lowest BCUT2D eigenvalue weighted by molar-refractivity contribution is 0.0896. The number of ether oxygens (including phenoxy) is 1. The maximum atomic E-state index is 13.8. The first kappa shape index (κ1) is 30.0. The van der Waals surface area contributed by atoms with E-state index in [9.17, 15) is 19.5 Å². The van der Waals surface area contributed by atoms with Crippen molar-refractivity contribution in [1.29, 1.82) is 0 Å². The highest BCUT2D eigenvalue weighted by Gasteiger charge is 2.43. The normalized spacial score (nSPS) is 19.0. The highest BCUT2D eigenvalue weighted by molar-refractivity contribution is 6.32. The average molecular weight is 580 g/mol. The van der Waals surface area contributed by atoms with Crippen molar-refractivity contribution in [3.8, 4) is 5.88 Å². The number of aryl methyl sites for hydroxylation is 1. The zero-order valence-electron chi connectivity index (χ0n) is 23.6. The maximum absolute atomic E-state index is 13.8. The van der Waals surface area contributed by atoms with E-state index in [4.69, 9.17) is 21.3 Å². The number of nitrogens with one attached hydrogen (secondary N) is 2. The number of pyridine rings is 1. The first-order valence-electron chi connectivity index (χ1n) is 13.2. The van der Waals surface area contributed by atoms with Gasteiger partial charge < -0.3 is 25.0 Å². The van der Waals surface area contributed by atoms with E-state index in [0.717, 1.165) is 21.3 Å². The average Bonchev–Trinajstić information content (AvgIpc) is 2.95. The summed E-state index contributed by atoms with van der Waals surface area (Å²) in [5.74, 6) is -0.715. The Balaban J connectivity index is 1.84. The molecule has 1 aliphatic rings. The third kappa shape index (κ3) is 5.90. The van der Waals surface area contributed by atoms with E-state index in [1.54, 1.807) is 19.1 Å². The van der Waals surface area contributed by atoms with E-state index in [2.05, 4.69) is 10.6 Å². The SMILES string of the molecule is COc1nc(C2(NC(=O)c3cn(C)c(=O)n(C)c3=O)C=CC=C(c3ccccc3Cl)[C@H]2C)ccc1CNCC(C)O. The number of nitrogens with zero attached hydrogens (tertiary/aromatic N) is 3. The second kappa shape index (κ2) is 12.3. The molecule has 216 valence electrons. The molecule has 0 saturated carbocycles. The molecule has 11 heteroatoms. The molecule has 3 aromatic rings. The Morgan fingerprint density at radius 2 is 1.95 bits per heavy atom. The van der Waals surface area contributed by atoms with Crippen molar-refractivity contribution >= 4 is 23.1 Å². The number of methoxy groups -OCH3 is 1. The number of halogens is 1. The lowest BCUT2D eigenvalue weighted by Crippen LogP contribution is -2.52. The number of aromatic nitrogens is 3. The molecule has 10 nitrogen and oxygen atoms in total. The first-order chi connectivity index (χ1) is 19.5. The summed E-state index contributed by atoms with van der Waals surface area (Å²) in [6.45, 7) is 4.44. The minimum absolute atomic E-state index is 0.186. The molecule has 0 aliphatic heterocycles. The van der Waals surface area contributed by atoms with E-state index in [-0.39, 0.29) is 5.56 Å². The maximum Gasteiger partial charge on any atom is 0.330 e. The van der Waals surface area contributed by atoms with Crippen molar-refractivity contribution < 1.29 is 14.6 Å². The van der Waals surface area contributed by atoms with Crippen molar-refractivity contribution in [1.82, 2.24) is 24.8 Å². The third-order valence-corrected chi connectivity index (χ3v) is 7.62. The van der Waals surface area contributed by atoms with Crippen LogP contribution in [0.25, 0.3) is 5.57 Å². The summed E-state index contributed by atoms with van der Waals surface area (Å²) in [5, 5.41) is 16.4. The van der Waals surface area contributed by atoms with Gasteiger partial charge in [0, 0.05) is 49.9 Å². The zero-order valence-corrected chi connectivity index (χ0v) is 24.4. The Kier molecular flexibility index (Phi) is 8.96. The molecule has 2 unspecified atom stereocenters. The van der Waals surface area contributed by atoms with Crippen LogP contribution in [0.2, 0.25) is 5.02 Å². The molecule has 4 rings (SSSR count). The molecule has 3 atom stereocenters. The number of hydrogen-bond donors (Lipinski definition) is 3. The summed E-state index contributed by atoms with van der Waals surface area (Å²) in [7, 11) is 4.32. The standard InChI is InChI=1S/C30H34ClN5O5/c1-18(37)15-32-16-20-12-13-25(33-27(20)41-5)30(34-26(38)23-17-35(3)29(40)36(4)28(23)39)14-8-10-21(19(30)2)22-9-6-7-11-24(22)31/h6-14,17-19,32,37H,15-16H2,1-5H3,(H,34,38)/t18?,19-,30?/m1/s1. The lowest BCUT2D eigenvalue weighted by atomic mass is 9.72. The fourth-order valence-electron chi connectivity index (χ4n) is 5.02. The monoisotopic (exact) mass is 579 g/mol. The molecule has 3 N–H and O–H groups in total. The lowest BCUT2D eigenvalue weighted by Gasteiger charge is -2.40. The third-order valence-electron chi connectivity index (χ3n) is 7.29. The number of aliphatic hydroxyl groups excluding tert-OH is 1. The molecule has 2 heterocycles. The highest BCUT2D eigenvalue weighted by Crippen LogP contribution is 2.44. The van der Waals surface area contributed by atoms with Crippen molar-refractivity contribution in [3.05, 3.63) is 109 Å². The summed E-state index contributed by atoms with van der Waals surface area (Å²) in [6.07, 6.45) is 6.31. The summed E-state index contributed by atoms with van der Waals surface area (Å²) < 4.78 is 7.71. The van der Waals surface area contributed by atoms with Gasteiger partial charge in [0.1, 0.15) is 11.1 Å². The van der Waals surface area contributed by atoms with Crippen LogP contribution < -0.4 is 26.6 Å². The fourth-order valence-corrected chi connectivity index (χ4v) is 5.27. The van der Waals surface area contributed by atoms with Crippen molar-refractivity contribution in [2.45, 2.75) is 32.0 Å². The summed E-state index contributed by atoms with van der Waals surface area (Å²) in [5.41, 5.74) is 0.240. The van der Waals surface area contributed by atoms with Gasteiger partial charge in [0.05, 0.1) is 18.9 Å². The van der Waals surface area contributed by atoms with Gasteiger partial charge in [-0.05, 0) is 30.2 Å². The molecule has 0 fully saturated rings. The van der Waals surface area contributed by atoms with Gasteiger partial charge >= 0.3 is 5.69 Å². The van der Waals surface area contributed by atoms with Gasteiger partial charge in [-0.25, -0.2) is 9.78 Å². The summed E-state index contributed by atoms with van der Waals surface area (Å²) in [4.78, 5) is 43.8. The number of carbonyl (C=O) groups is 1. The number of rotatable bonds is 9. The van der Waals surface area contributed by atoms with Crippen LogP contribution >= 0.6 is 11.6 Å². The minimum atomic E-state index is -1.22. The second-order valence-corrected chi connectivity index (χ2v) is 10.6. The number of allylic oxidation sites excluding steroid dienone is 2. The van der Waals surface area contributed by atoms with E-state index >= 15 is 0 Å². The highest BCUT2D eigenvalue weighted by atomic mass is 35.5. The van der Waals surface area contributed by atoms with Crippen LogP contribution in [0, 0.1) is 5.92 Å². The van der Waals surface area contributed by atoms with E-state index < -0.39 is 34.7 Å². The second-order valence-electron chi connectivity index (χ2n) is 10.2. The number of amides is 1. The predicted molar refractivity (Wildman–Crippen MR) is 158 cm³/mol. The number of benzene rings is 1. The van der Waals surface area contributed by atoms with Gasteiger partial charge in [0.2, 0.25) is 5.88 Å². The fraction of sp³-hybridized carbons (Fsp3) is 0.333. The van der Waals surface area contributed by atoms with Crippen molar-refractivity contribution in [3.63, 3.8) is 0 Å². The minimum Gasteiger partial charge on any atom is -0.481 e. The van der Waals surface area contributed by atoms with Crippen LogP contribution in [0.15, 0.2) is 70.4 Å². The van der Waals surface area contributed by atoms with Gasteiger partial charge in [-0.15, -0.1) is 0 Å². The summed E-state index contributed by atoms with van der Waals surface area (Å²) in [6, 6.07) is 11.1. The first-order valence-corrected chi connectivity index (χ1v) is 13.5. The zero-order chi connectivity index (χ0) is 29.9. The molecular formula is C30H34ClN5O5. The van der Waals surface area contributed by atoms with Gasteiger partial charge in [0.25, 0.3) is 11.5 Å². The van der Waals surface area contributed by atoms with Crippen LogP contribution in [0.4, 0.5) is 0 Å². The van der Waals surface area contributed by atoms with Gasteiger partial charge in [-0.1, -0.05) is 61.0 Å². The molecular weight excluding hydrogens is 546 g/mol. The molecule has 41 heavy (non-hydrogen) atoms. The molecule has 1 amide bonds. The van der Waals surface area contributed by atoms with E-state index in [0.29, 0.717) is 29.7 Å². The van der Waals surface area contributed by atoms with E-state index in [1.807, 2.05) is 49.4 Å². The molecule has 1 aliphatic carbocycles. The van der Waals surface area contributed by atoms with Crippen LogP contribution in [-0.2, 0) is 26.2 Å². The number of hydrogen-bond acceptors (Lipinski definition) is 7. The van der Waals surface area contributed by atoms with Crippen LogP contribution in [0.1, 0.15) is 41.0 Å². The van der Waals surface area contributed by atoms with Crippen molar-refractivity contribution in [2.75, 3.05) is 13.7 Å². The van der Waals surface area contributed by atoms with E-state index in [1.165, 1.54) is 32.0 Å². The molecule has 0 bridgehead atoms. The molecule has 0 radical (unpaired) electrons. The van der Waals surface area contributed by atoms with Gasteiger partial charge in [-0.2, -0.15) is 0 Å². The molecule has 2 aromatic heterocycles. The Bertz CT molecular complexity index is 1640. The van der Waals surface area contributed by atoms with Gasteiger partial charge in [-0.3, -0.25) is 14.2 Å². The molecule has 1 aromatic carbocycles. The van der Waals surface area contributed by atoms with Crippen LogP contribution in [0.5, 0.6) is 5.88 Å². The Morgan fingerprint density at radius 1 is 1.22 bits per heavy atom. The van der Waals surface area contributed by atoms with Crippen LogP contribution in [0.3, 0.4) is 0 Å². The summed E-state index contributed by atoms with van der Waals surface area (Å²) >= 11 is 6.58. The Morgan fingerprint density at radius 3 is 2.63 bits per heavy atom. The number of aliphatic hydroxyl groups is 1. The van der Waals surface area contributed by atoms with Crippen molar-refractivity contribution in [2.24, 2.45) is 20.0 Å².